The van der Waals surface area contributed by atoms with Crippen molar-refractivity contribution in [1.29, 1.82) is 0 Å². The fraction of sp³-hybridized carbons (Fsp3) is 0.0435. The Labute approximate surface area is 171 Å². The summed E-state index contributed by atoms with van der Waals surface area (Å²) in [6.45, 7) is 0. The summed E-state index contributed by atoms with van der Waals surface area (Å²) >= 11 is 5.91. The van der Waals surface area contributed by atoms with Crippen LogP contribution in [0.5, 0.6) is 0 Å². The predicted octanol–water partition coefficient (Wildman–Crippen LogP) is 5.11. The first-order valence-corrected chi connectivity index (χ1v) is 9.22. The van der Waals surface area contributed by atoms with Crippen molar-refractivity contribution in [3.63, 3.8) is 0 Å². The van der Waals surface area contributed by atoms with E-state index < -0.39 is 23.5 Å². The van der Waals surface area contributed by atoms with Gasteiger partial charge in [-0.3, -0.25) is 14.5 Å². The first kappa shape index (κ1) is 18.9. The summed E-state index contributed by atoms with van der Waals surface area (Å²) in [4.78, 5) is 27.1. The van der Waals surface area contributed by atoms with Gasteiger partial charge in [0.25, 0.3) is 11.7 Å². The third-order valence-corrected chi connectivity index (χ3v) is 5.03. The third kappa shape index (κ3) is 3.41. The summed E-state index contributed by atoms with van der Waals surface area (Å²) in [6.07, 6.45) is 0. The highest BCUT2D eigenvalue weighted by atomic mass is 35.5. The molecule has 0 aromatic heterocycles. The monoisotopic (exact) mass is 407 g/mol. The molecular formula is C23H15ClFNO3. The van der Waals surface area contributed by atoms with Gasteiger partial charge < -0.3 is 5.11 Å². The Morgan fingerprint density at radius 2 is 1.52 bits per heavy atom. The van der Waals surface area contributed by atoms with Crippen molar-refractivity contribution in [3.05, 3.63) is 106 Å². The number of Topliss-reactive ketones (excluding diaryl/α,β-unsaturated/α-hetero) is 1. The zero-order chi connectivity index (χ0) is 20.5. The Morgan fingerprint density at radius 3 is 2.14 bits per heavy atom. The molecule has 1 atom stereocenters. The van der Waals surface area contributed by atoms with Crippen molar-refractivity contribution in [1.82, 2.24) is 0 Å². The number of aliphatic hydroxyl groups is 1. The van der Waals surface area contributed by atoms with Crippen molar-refractivity contribution in [2.75, 3.05) is 4.90 Å². The highest BCUT2D eigenvalue weighted by Gasteiger charge is 2.46. The second-order valence-corrected chi connectivity index (χ2v) is 7.00. The van der Waals surface area contributed by atoms with Crippen LogP contribution in [0.15, 0.2) is 84.4 Å². The van der Waals surface area contributed by atoms with Gasteiger partial charge in [-0.2, -0.15) is 0 Å². The number of halogens is 2. The van der Waals surface area contributed by atoms with Crippen molar-refractivity contribution in [2.45, 2.75) is 6.04 Å². The average molecular weight is 408 g/mol. The van der Waals surface area contributed by atoms with Crippen LogP contribution < -0.4 is 4.90 Å². The van der Waals surface area contributed by atoms with E-state index in [1.165, 1.54) is 29.2 Å². The first-order valence-electron chi connectivity index (χ1n) is 8.85. The van der Waals surface area contributed by atoms with Gasteiger partial charge in [0.05, 0.1) is 11.6 Å². The van der Waals surface area contributed by atoms with Gasteiger partial charge in [-0.05, 0) is 54.1 Å². The summed E-state index contributed by atoms with van der Waals surface area (Å²) in [6, 6.07) is 19.7. The zero-order valence-electron chi connectivity index (χ0n) is 15.0. The number of ketones is 1. The maximum atomic E-state index is 13.4. The second-order valence-electron chi connectivity index (χ2n) is 6.56. The van der Waals surface area contributed by atoms with Gasteiger partial charge in [-0.25, -0.2) is 4.39 Å². The molecule has 1 unspecified atom stereocenters. The summed E-state index contributed by atoms with van der Waals surface area (Å²) in [5.41, 5.74) is 1.34. The fourth-order valence-electron chi connectivity index (χ4n) is 3.41. The zero-order valence-corrected chi connectivity index (χ0v) is 15.8. The van der Waals surface area contributed by atoms with E-state index in [9.17, 15) is 19.1 Å². The first-order chi connectivity index (χ1) is 14.0. The van der Waals surface area contributed by atoms with E-state index in [1.54, 1.807) is 48.5 Å². The van der Waals surface area contributed by atoms with E-state index >= 15 is 0 Å². The normalized spacial score (nSPS) is 18.3. The number of hydrogen-bond acceptors (Lipinski definition) is 3. The SMILES string of the molecule is O=C1C(=O)N(c2ccc(F)cc2)C(c2ccccc2)C1=C(O)c1ccc(Cl)cc1. The Hall–Kier alpha value is -3.44. The second kappa shape index (κ2) is 7.53. The molecule has 29 heavy (non-hydrogen) atoms. The number of rotatable bonds is 3. The predicted molar refractivity (Wildman–Crippen MR) is 109 cm³/mol. The Bertz CT molecular complexity index is 1110. The van der Waals surface area contributed by atoms with Gasteiger partial charge in [0.15, 0.2) is 0 Å². The number of aliphatic hydroxyl groups excluding tert-OH is 1. The minimum atomic E-state index is -0.850. The minimum absolute atomic E-state index is 0.0344. The van der Waals surface area contributed by atoms with E-state index in [0.29, 0.717) is 21.8 Å². The molecule has 3 aromatic carbocycles. The van der Waals surface area contributed by atoms with E-state index in [4.69, 9.17) is 11.6 Å². The van der Waals surface area contributed by atoms with Crippen LogP contribution in [0, 0.1) is 5.82 Å². The molecule has 0 bridgehead atoms. The van der Waals surface area contributed by atoms with Crippen molar-refractivity contribution in [3.8, 4) is 0 Å². The number of amides is 1. The molecule has 1 heterocycles. The molecule has 1 saturated heterocycles. The summed E-state index contributed by atoms with van der Waals surface area (Å²) in [7, 11) is 0. The number of benzene rings is 3. The molecular weight excluding hydrogens is 393 g/mol. The van der Waals surface area contributed by atoms with E-state index in [2.05, 4.69) is 0 Å². The van der Waals surface area contributed by atoms with Crippen LogP contribution in [0.1, 0.15) is 17.2 Å². The number of carbonyl (C=O) groups is 2. The highest BCUT2D eigenvalue weighted by Crippen LogP contribution is 2.42. The number of carbonyl (C=O) groups excluding carboxylic acids is 2. The lowest BCUT2D eigenvalue weighted by Gasteiger charge is -2.25. The molecule has 3 aromatic rings. The Kier molecular flexibility index (Phi) is 4.91. The minimum Gasteiger partial charge on any atom is -0.507 e. The maximum absolute atomic E-state index is 13.4. The number of nitrogens with zero attached hydrogens (tertiary/aromatic N) is 1. The van der Waals surface area contributed by atoms with Gasteiger partial charge in [-0.1, -0.05) is 41.9 Å². The van der Waals surface area contributed by atoms with Crippen molar-refractivity contribution < 1.29 is 19.1 Å². The lowest BCUT2D eigenvalue weighted by Crippen LogP contribution is -2.29. The molecule has 144 valence electrons. The maximum Gasteiger partial charge on any atom is 0.300 e. The average Bonchev–Trinajstić information content (AvgIpc) is 3.00. The smallest absolute Gasteiger partial charge is 0.300 e. The number of anilines is 1. The van der Waals surface area contributed by atoms with Crippen LogP contribution in [0.25, 0.3) is 5.76 Å². The van der Waals surface area contributed by atoms with Gasteiger partial charge in [-0.15, -0.1) is 0 Å². The summed E-state index contributed by atoms with van der Waals surface area (Å²) in [5.74, 6) is -2.35. The molecule has 0 aliphatic carbocycles. The van der Waals surface area contributed by atoms with E-state index in [0.717, 1.165) is 0 Å². The van der Waals surface area contributed by atoms with Crippen LogP contribution >= 0.6 is 11.6 Å². The number of hydrogen-bond donors (Lipinski definition) is 1. The molecule has 1 aliphatic heterocycles. The summed E-state index contributed by atoms with van der Waals surface area (Å²) in [5, 5.41) is 11.4. The molecule has 4 nitrogen and oxygen atoms in total. The lowest BCUT2D eigenvalue weighted by atomic mass is 9.95. The van der Waals surface area contributed by atoms with E-state index in [-0.39, 0.29) is 11.3 Å². The van der Waals surface area contributed by atoms with Gasteiger partial charge in [0.1, 0.15) is 11.6 Å². The van der Waals surface area contributed by atoms with Crippen LogP contribution in [0.4, 0.5) is 10.1 Å². The van der Waals surface area contributed by atoms with Crippen LogP contribution in [-0.2, 0) is 9.59 Å². The molecule has 0 spiro atoms. The summed E-state index contributed by atoms with van der Waals surface area (Å²) < 4.78 is 13.4. The van der Waals surface area contributed by atoms with Crippen molar-refractivity contribution >= 4 is 34.7 Å². The molecule has 4 rings (SSSR count). The standard InChI is InChI=1S/C23H15ClFNO3/c24-16-8-6-15(7-9-16)21(27)19-20(14-4-2-1-3-5-14)26(23(29)22(19)28)18-12-10-17(25)11-13-18/h1-13,20,27H. The van der Waals surface area contributed by atoms with Gasteiger partial charge >= 0.3 is 0 Å². The Balaban J connectivity index is 1.93. The van der Waals surface area contributed by atoms with Crippen LogP contribution in [-0.4, -0.2) is 16.8 Å². The van der Waals surface area contributed by atoms with Gasteiger partial charge in [0, 0.05) is 16.3 Å². The highest BCUT2D eigenvalue weighted by molar-refractivity contribution is 6.51. The molecule has 1 amide bonds. The Morgan fingerprint density at radius 1 is 0.897 bits per heavy atom. The van der Waals surface area contributed by atoms with E-state index in [1.807, 2.05) is 6.07 Å². The van der Waals surface area contributed by atoms with Crippen molar-refractivity contribution in [2.24, 2.45) is 0 Å². The molecule has 1 N–H and O–H groups in total. The van der Waals surface area contributed by atoms with Gasteiger partial charge in [0.2, 0.25) is 0 Å². The molecule has 6 heteroatoms. The quantitative estimate of drug-likeness (QED) is 0.373. The molecule has 0 radical (unpaired) electrons. The van der Waals surface area contributed by atoms with Crippen LogP contribution in [0.2, 0.25) is 5.02 Å². The van der Waals surface area contributed by atoms with Crippen LogP contribution in [0.3, 0.4) is 0 Å². The third-order valence-electron chi connectivity index (χ3n) is 4.78. The fourth-order valence-corrected chi connectivity index (χ4v) is 3.54. The molecule has 1 fully saturated rings. The molecule has 1 aliphatic rings. The lowest BCUT2D eigenvalue weighted by molar-refractivity contribution is -0.132. The largest absolute Gasteiger partial charge is 0.507 e. The topological polar surface area (TPSA) is 57.6 Å². The molecule has 0 saturated carbocycles.